The number of rotatable bonds is 8. The molecule has 0 aromatic heterocycles. The number of hydrogen-bond acceptors (Lipinski definition) is 4. The van der Waals surface area contributed by atoms with E-state index in [1.54, 1.807) is 0 Å². The fourth-order valence-corrected chi connectivity index (χ4v) is 3.82. The van der Waals surface area contributed by atoms with Crippen LogP contribution in [-0.4, -0.2) is 73.5 Å². The molecule has 2 fully saturated rings. The second-order valence-corrected chi connectivity index (χ2v) is 7.94. The summed E-state index contributed by atoms with van der Waals surface area (Å²) in [7, 11) is 0. The van der Waals surface area contributed by atoms with Gasteiger partial charge in [0.2, 0.25) is 0 Å². The van der Waals surface area contributed by atoms with Gasteiger partial charge in [0.1, 0.15) is 0 Å². The molecule has 2 aliphatic rings. The first kappa shape index (κ1) is 20.5. The Kier molecular flexibility index (Phi) is 8.46. The van der Waals surface area contributed by atoms with E-state index >= 15 is 0 Å². The highest BCUT2D eigenvalue weighted by atomic mass is 16.5. The lowest BCUT2D eigenvalue weighted by molar-refractivity contribution is 0.0132. The fourth-order valence-electron chi connectivity index (χ4n) is 3.82. The van der Waals surface area contributed by atoms with Gasteiger partial charge in [0.05, 0.1) is 25.4 Å². The number of aliphatic hydroxyl groups is 1. The molecule has 3 N–H and O–H groups in total. The number of guanidine groups is 1. The Morgan fingerprint density at radius 1 is 1.20 bits per heavy atom. The Hall–Kier alpha value is -0.850. The number of morpholine rings is 1. The van der Waals surface area contributed by atoms with Crippen LogP contribution in [0, 0.1) is 5.92 Å². The summed E-state index contributed by atoms with van der Waals surface area (Å²) < 4.78 is 5.50. The summed E-state index contributed by atoms with van der Waals surface area (Å²) in [6.45, 7) is 12.5. The van der Waals surface area contributed by atoms with Gasteiger partial charge in [0.15, 0.2) is 5.96 Å². The molecule has 1 atom stereocenters. The molecule has 1 saturated carbocycles. The van der Waals surface area contributed by atoms with E-state index in [1.165, 1.54) is 0 Å². The monoisotopic (exact) mass is 354 g/mol. The normalized spacial score (nSPS) is 23.0. The van der Waals surface area contributed by atoms with Crippen LogP contribution in [0.25, 0.3) is 0 Å². The zero-order valence-electron chi connectivity index (χ0n) is 16.4. The van der Waals surface area contributed by atoms with Crippen molar-refractivity contribution in [2.24, 2.45) is 10.9 Å². The molecule has 1 aliphatic heterocycles. The molecule has 1 unspecified atom stereocenters. The second-order valence-electron chi connectivity index (χ2n) is 7.94. The van der Waals surface area contributed by atoms with Crippen molar-refractivity contribution in [1.82, 2.24) is 15.5 Å². The first-order valence-corrected chi connectivity index (χ1v) is 10.1. The molecule has 1 heterocycles. The van der Waals surface area contributed by atoms with E-state index in [2.05, 4.69) is 41.3 Å². The van der Waals surface area contributed by atoms with Gasteiger partial charge >= 0.3 is 0 Å². The quantitative estimate of drug-likeness (QED) is 0.456. The maximum Gasteiger partial charge on any atom is 0.191 e. The predicted octanol–water partition coefficient (Wildman–Crippen LogP) is 1.59. The number of ether oxygens (including phenoxy) is 1. The first-order chi connectivity index (χ1) is 12.0. The highest BCUT2D eigenvalue weighted by Gasteiger charge is 2.31. The van der Waals surface area contributed by atoms with Gasteiger partial charge in [-0.05, 0) is 32.1 Å². The van der Waals surface area contributed by atoms with E-state index in [9.17, 15) is 5.11 Å². The molecule has 0 bridgehead atoms. The molecule has 6 nitrogen and oxygen atoms in total. The van der Waals surface area contributed by atoms with Crippen LogP contribution in [0.1, 0.15) is 52.9 Å². The van der Waals surface area contributed by atoms with Gasteiger partial charge in [0, 0.05) is 32.2 Å². The summed E-state index contributed by atoms with van der Waals surface area (Å²) in [6.07, 6.45) is 5.14. The molecule has 146 valence electrons. The highest BCUT2D eigenvalue weighted by molar-refractivity contribution is 5.79. The van der Waals surface area contributed by atoms with Crippen LogP contribution in [0.3, 0.4) is 0 Å². The van der Waals surface area contributed by atoms with Crippen LogP contribution in [0.15, 0.2) is 4.99 Å². The molecule has 1 aliphatic carbocycles. The van der Waals surface area contributed by atoms with E-state index in [1.807, 2.05) is 0 Å². The van der Waals surface area contributed by atoms with Crippen molar-refractivity contribution in [3.05, 3.63) is 0 Å². The Morgan fingerprint density at radius 3 is 2.48 bits per heavy atom. The Bertz CT molecular complexity index is 402. The maximum absolute atomic E-state index is 10.5. The minimum Gasteiger partial charge on any atom is -0.388 e. The zero-order chi connectivity index (χ0) is 18.1. The molecule has 0 aromatic rings. The number of nitrogens with one attached hydrogen (secondary N) is 2. The fraction of sp³-hybridized carbons (Fsp3) is 0.947. The standard InChI is InChI=1S/C19H38N4O2/c1-4-20-18(22-15-19(24)7-5-6-8-19)21-14-17(13-16(2)3)23-9-11-25-12-10-23/h16-17,24H,4-15H2,1-3H3,(H2,20,21,22). The molecule has 0 spiro atoms. The molecule has 0 radical (unpaired) electrons. The molecule has 2 rings (SSSR count). The number of aliphatic imine (C=N–C) groups is 1. The van der Waals surface area contributed by atoms with E-state index in [0.717, 1.165) is 77.5 Å². The molecule has 6 heteroatoms. The Labute approximate surface area is 153 Å². The Morgan fingerprint density at radius 2 is 1.88 bits per heavy atom. The van der Waals surface area contributed by atoms with Gasteiger partial charge in [-0.2, -0.15) is 0 Å². The van der Waals surface area contributed by atoms with Crippen molar-refractivity contribution < 1.29 is 9.84 Å². The summed E-state index contributed by atoms with van der Waals surface area (Å²) in [6, 6.07) is 0.488. The van der Waals surface area contributed by atoms with Crippen LogP contribution in [0.2, 0.25) is 0 Å². The zero-order valence-corrected chi connectivity index (χ0v) is 16.4. The lowest BCUT2D eigenvalue weighted by Gasteiger charge is -2.35. The van der Waals surface area contributed by atoms with E-state index in [4.69, 9.17) is 4.74 Å². The topological polar surface area (TPSA) is 69.1 Å². The third-order valence-electron chi connectivity index (χ3n) is 5.22. The molecular formula is C19H38N4O2. The van der Waals surface area contributed by atoms with Gasteiger partial charge < -0.3 is 20.5 Å². The number of nitrogens with zero attached hydrogens (tertiary/aromatic N) is 2. The summed E-state index contributed by atoms with van der Waals surface area (Å²) in [4.78, 5) is 7.20. The van der Waals surface area contributed by atoms with Crippen molar-refractivity contribution in [1.29, 1.82) is 0 Å². The van der Waals surface area contributed by atoms with E-state index in [-0.39, 0.29) is 0 Å². The smallest absolute Gasteiger partial charge is 0.191 e. The first-order valence-electron chi connectivity index (χ1n) is 10.1. The van der Waals surface area contributed by atoms with Gasteiger partial charge in [-0.1, -0.05) is 26.7 Å². The van der Waals surface area contributed by atoms with Crippen LogP contribution in [0.5, 0.6) is 0 Å². The largest absolute Gasteiger partial charge is 0.388 e. The summed E-state index contributed by atoms with van der Waals surface area (Å²) in [5.41, 5.74) is -0.593. The predicted molar refractivity (Wildman–Crippen MR) is 103 cm³/mol. The molecule has 0 amide bonds. The van der Waals surface area contributed by atoms with Crippen LogP contribution in [0.4, 0.5) is 0 Å². The Balaban J connectivity index is 1.90. The van der Waals surface area contributed by atoms with Crippen molar-refractivity contribution in [3.8, 4) is 0 Å². The lowest BCUT2D eigenvalue weighted by Crippen LogP contribution is -2.51. The van der Waals surface area contributed by atoms with Gasteiger partial charge in [-0.15, -0.1) is 0 Å². The van der Waals surface area contributed by atoms with Crippen molar-refractivity contribution in [2.75, 3.05) is 45.9 Å². The maximum atomic E-state index is 10.5. The molecular weight excluding hydrogens is 316 g/mol. The molecule has 1 saturated heterocycles. The van der Waals surface area contributed by atoms with Crippen LogP contribution >= 0.6 is 0 Å². The third kappa shape index (κ3) is 7.12. The van der Waals surface area contributed by atoms with Gasteiger partial charge in [0.25, 0.3) is 0 Å². The molecule has 0 aromatic carbocycles. The highest BCUT2D eigenvalue weighted by Crippen LogP contribution is 2.29. The third-order valence-corrected chi connectivity index (χ3v) is 5.22. The minimum absolute atomic E-state index is 0.488. The van der Waals surface area contributed by atoms with Crippen LogP contribution < -0.4 is 10.6 Å². The van der Waals surface area contributed by atoms with Gasteiger partial charge in [-0.25, -0.2) is 0 Å². The van der Waals surface area contributed by atoms with Crippen molar-refractivity contribution in [3.63, 3.8) is 0 Å². The minimum atomic E-state index is -0.593. The summed E-state index contributed by atoms with van der Waals surface area (Å²) in [5.74, 6) is 1.48. The SMILES string of the molecule is CCNC(=NCC1(O)CCCC1)NCC(CC(C)C)N1CCOCC1. The van der Waals surface area contributed by atoms with Crippen molar-refractivity contribution in [2.45, 2.75) is 64.5 Å². The average molecular weight is 355 g/mol. The van der Waals surface area contributed by atoms with E-state index in [0.29, 0.717) is 18.5 Å². The van der Waals surface area contributed by atoms with Gasteiger partial charge in [-0.3, -0.25) is 9.89 Å². The average Bonchev–Trinajstić information content (AvgIpc) is 3.03. The summed E-state index contributed by atoms with van der Waals surface area (Å²) >= 11 is 0. The summed E-state index contributed by atoms with van der Waals surface area (Å²) in [5, 5.41) is 17.4. The second kappa shape index (κ2) is 10.3. The number of hydrogen-bond donors (Lipinski definition) is 3. The van der Waals surface area contributed by atoms with Crippen molar-refractivity contribution >= 4 is 5.96 Å². The molecule has 25 heavy (non-hydrogen) atoms. The lowest BCUT2D eigenvalue weighted by atomic mass is 10.0. The van der Waals surface area contributed by atoms with E-state index < -0.39 is 5.60 Å². The van der Waals surface area contributed by atoms with Crippen LogP contribution in [-0.2, 0) is 4.74 Å².